The third-order valence-corrected chi connectivity index (χ3v) is 3.71. The fraction of sp³-hybridized carbons (Fsp3) is 0.333. The molecule has 1 aromatic carbocycles. The van der Waals surface area contributed by atoms with Crippen molar-refractivity contribution in [3.05, 3.63) is 35.6 Å². The van der Waals surface area contributed by atoms with Gasteiger partial charge in [-0.15, -0.1) is 0 Å². The Bertz CT molecular complexity index is 294. The van der Waals surface area contributed by atoms with E-state index < -0.39 is 11.9 Å². The highest BCUT2D eigenvalue weighted by Crippen LogP contribution is 2.31. The van der Waals surface area contributed by atoms with Gasteiger partial charge in [-0.3, -0.25) is 0 Å². The first-order valence-electron chi connectivity index (χ1n) is 4.03. The Morgan fingerprint density at radius 1 is 1.00 bits per heavy atom. The second-order valence-electron chi connectivity index (χ2n) is 2.77. The van der Waals surface area contributed by atoms with E-state index >= 15 is 0 Å². The molecule has 0 nitrogen and oxygen atoms in total. The molecule has 0 amide bonds. The summed E-state index contributed by atoms with van der Waals surface area (Å²) in [6, 6.07) is 5.72. The number of halogens is 4. The van der Waals surface area contributed by atoms with E-state index in [-0.39, 0.29) is 5.82 Å². The monoisotopic (exact) mass is 256 g/mol. The normalized spacial score (nSPS) is 11.7. The van der Waals surface area contributed by atoms with E-state index in [1.54, 1.807) is 12.1 Å². The summed E-state index contributed by atoms with van der Waals surface area (Å²) in [7, 11) is 1.87. The zero-order valence-electron chi connectivity index (χ0n) is 7.55. The standard InChI is InChI=1S/C9H8F4S2/c10-8-3-1-7(2-4-8)5-14-15-6-9(11,12)13/h1-4H,5-6H2. The first-order chi connectivity index (χ1) is 6.97. The van der Waals surface area contributed by atoms with Crippen molar-refractivity contribution in [1.29, 1.82) is 0 Å². The molecule has 0 spiro atoms. The Kier molecular flexibility index (Phi) is 4.79. The van der Waals surface area contributed by atoms with Gasteiger partial charge in [0.2, 0.25) is 0 Å². The van der Waals surface area contributed by atoms with Gasteiger partial charge in [0.15, 0.2) is 0 Å². The third kappa shape index (κ3) is 5.94. The molecule has 1 aromatic rings. The van der Waals surface area contributed by atoms with Crippen LogP contribution in [0.2, 0.25) is 0 Å². The molecule has 0 saturated heterocycles. The quantitative estimate of drug-likeness (QED) is 0.448. The number of benzene rings is 1. The Balaban J connectivity index is 2.23. The Morgan fingerprint density at radius 2 is 1.60 bits per heavy atom. The molecule has 0 radical (unpaired) electrons. The molecule has 0 heterocycles. The summed E-state index contributed by atoms with van der Waals surface area (Å²) >= 11 is 0. The van der Waals surface area contributed by atoms with E-state index in [2.05, 4.69) is 0 Å². The number of hydrogen-bond acceptors (Lipinski definition) is 2. The first kappa shape index (κ1) is 12.7. The van der Waals surface area contributed by atoms with Crippen molar-refractivity contribution in [3.63, 3.8) is 0 Å². The van der Waals surface area contributed by atoms with E-state index in [1.165, 1.54) is 12.1 Å². The summed E-state index contributed by atoms with van der Waals surface area (Å²) in [4.78, 5) is 0. The van der Waals surface area contributed by atoms with Crippen LogP contribution in [0.1, 0.15) is 5.56 Å². The van der Waals surface area contributed by atoms with Crippen LogP contribution in [0.5, 0.6) is 0 Å². The predicted molar refractivity (Wildman–Crippen MR) is 56.2 cm³/mol. The van der Waals surface area contributed by atoms with Gasteiger partial charge < -0.3 is 0 Å². The Morgan fingerprint density at radius 3 is 2.13 bits per heavy atom. The number of rotatable bonds is 4. The van der Waals surface area contributed by atoms with Crippen LogP contribution in [0.3, 0.4) is 0 Å². The topological polar surface area (TPSA) is 0 Å². The average molecular weight is 256 g/mol. The fourth-order valence-corrected chi connectivity index (χ4v) is 2.74. The first-order valence-corrected chi connectivity index (χ1v) is 6.52. The molecule has 0 fully saturated rings. The molecule has 0 aliphatic rings. The van der Waals surface area contributed by atoms with Crippen LogP contribution < -0.4 is 0 Å². The molecular weight excluding hydrogens is 248 g/mol. The zero-order valence-corrected chi connectivity index (χ0v) is 9.18. The van der Waals surface area contributed by atoms with Gasteiger partial charge in [-0.05, 0) is 17.7 Å². The maximum absolute atomic E-state index is 12.5. The molecule has 0 aliphatic heterocycles. The summed E-state index contributed by atoms with van der Waals surface area (Å²) in [5, 5.41) is 0. The molecule has 0 N–H and O–H groups in total. The molecule has 0 saturated carbocycles. The highest BCUT2D eigenvalue weighted by Gasteiger charge is 2.26. The molecule has 0 unspecified atom stereocenters. The van der Waals surface area contributed by atoms with Crippen molar-refractivity contribution < 1.29 is 17.6 Å². The molecule has 84 valence electrons. The summed E-state index contributed by atoms with van der Waals surface area (Å²) in [6.45, 7) is 0. The lowest BCUT2D eigenvalue weighted by Gasteiger charge is -2.04. The second kappa shape index (κ2) is 5.65. The van der Waals surface area contributed by atoms with Gasteiger partial charge in [0.25, 0.3) is 0 Å². The van der Waals surface area contributed by atoms with Crippen LogP contribution >= 0.6 is 21.6 Å². The van der Waals surface area contributed by atoms with Gasteiger partial charge in [0.05, 0.1) is 5.75 Å². The highest BCUT2D eigenvalue weighted by molar-refractivity contribution is 8.76. The molecule has 0 aliphatic carbocycles. The number of alkyl halides is 3. The van der Waals surface area contributed by atoms with Crippen molar-refractivity contribution in [2.45, 2.75) is 11.9 Å². The molecule has 0 atom stereocenters. The molecule has 0 bridgehead atoms. The van der Waals surface area contributed by atoms with Crippen LogP contribution in [-0.2, 0) is 5.75 Å². The van der Waals surface area contributed by atoms with Crippen molar-refractivity contribution in [2.75, 3.05) is 5.75 Å². The largest absolute Gasteiger partial charge is 0.398 e. The van der Waals surface area contributed by atoms with Gasteiger partial charge in [0, 0.05) is 5.75 Å². The molecule has 1 rings (SSSR count). The Hall–Kier alpha value is -0.360. The summed E-state index contributed by atoms with van der Waals surface area (Å²) in [5.41, 5.74) is 0.816. The van der Waals surface area contributed by atoms with Gasteiger partial charge in [0.1, 0.15) is 5.82 Å². The Labute approximate surface area is 92.8 Å². The van der Waals surface area contributed by atoms with E-state index in [4.69, 9.17) is 0 Å². The highest BCUT2D eigenvalue weighted by atomic mass is 33.1. The minimum Gasteiger partial charge on any atom is -0.207 e. The van der Waals surface area contributed by atoms with Gasteiger partial charge in [-0.25, -0.2) is 4.39 Å². The van der Waals surface area contributed by atoms with E-state index in [0.29, 0.717) is 5.75 Å². The van der Waals surface area contributed by atoms with Crippen LogP contribution in [0.25, 0.3) is 0 Å². The molecular formula is C9H8F4S2. The lowest BCUT2D eigenvalue weighted by molar-refractivity contribution is -0.104. The molecule has 15 heavy (non-hydrogen) atoms. The maximum Gasteiger partial charge on any atom is 0.398 e. The van der Waals surface area contributed by atoms with E-state index in [1.807, 2.05) is 0 Å². The van der Waals surface area contributed by atoms with Crippen LogP contribution in [0.4, 0.5) is 17.6 Å². The predicted octanol–water partition coefficient (Wildman–Crippen LogP) is 4.27. The van der Waals surface area contributed by atoms with Crippen LogP contribution in [-0.4, -0.2) is 11.9 Å². The van der Waals surface area contributed by atoms with Gasteiger partial charge in [-0.2, -0.15) is 13.2 Å². The lowest BCUT2D eigenvalue weighted by Crippen LogP contribution is -2.09. The minimum absolute atomic E-state index is 0.341. The van der Waals surface area contributed by atoms with Crippen molar-refractivity contribution in [1.82, 2.24) is 0 Å². The third-order valence-electron chi connectivity index (χ3n) is 1.44. The summed E-state index contributed by atoms with van der Waals surface area (Å²) < 4.78 is 47.7. The van der Waals surface area contributed by atoms with Crippen molar-refractivity contribution >= 4 is 21.6 Å². The van der Waals surface area contributed by atoms with Crippen LogP contribution in [0.15, 0.2) is 24.3 Å². The maximum atomic E-state index is 12.5. The fourth-order valence-electron chi connectivity index (χ4n) is 0.799. The SMILES string of the molecule is Fc1ccc(CSSCC(F)(F)F)cc1. The lowest BCUT2D eigenvalue weighted by atomic mass is 10.2. The molecule has 6 heteroatoms. The minimum atomic E-state index is -4.12. The second-order valence-corrected chi connectivity index (χ2v) is 5.23. The summed E-state index contributed by atoms with van der Waals surface area (Å²) in [5.74, 6) is -0.758. The average Bonchev–Trinajstić information content (AvgIpc) is 2.14. The summed E-state index contributed by atoms with van der Waals surface area (Å²) in [6.07, 6.45) is -4.12. The molecule has 0 aromatic heterocycles. The van der Waals surface area contributed by atoms with Crippen molar-refractivity contribution in [3.8, 4) is 0 Å². The van der Waals surface area contributed by atoms with E-state index in [9.17, 15) is 17.6 Å². The van der Waals surface area contributed by atoms with Crippen LogP contribution in [0, 0.1) is 5.82 Å². The van der Waals surface area contributed by atoms with Gasteiger partial charge in [-0.1, -0.05) is 33.7 Å². The smallest absolute Gasteiger partial charge is 0.207 e. The zero-order chi connectivity index (χ0) is 11.3. The van der Waals surface area contributed by atoms with E-state index in [0.717, 1.165) is 27.2 Å². The van der Waals surface area contributed by atoms with Gasteiger partial charge >= 0.3 is 6.18 Å². The van der Waals surface area contributed by atoms with Crippen molar-refractivity contribution in [2.24, 2.45) is 0 Å². The number of hydrogen-bond donors (Lipinski definition) is 0.